The first kappa shape index (κ1) is 2.12. The van der Waals surface area contributed by atoms with Crippen molar-refractivity contribution in [2.75, 3.05) is 0 Å². The van der Waals surface area contributed by atoms with Crippen molar-refractivity contribution < 1.29 is 8.91 Å². The smallest absolute Gasteiger partial charge is 0.155 e. The van der Waals surface area contributed by atoms with Crippen LogP contribution in [0.1, 0.15) is 23.3 Å². The lowest BCUT2D eigenvalue weighted by Gasteiger charge is -1.97. The molecule has 0 amide bonds. The molecule has 0 spiro atoms. The van der Waals surface area contributed by atoms with Gasteiger partial charge in [0.15, 0.2) is 5.78 Å². The quantitative estimate of drug-likeness (QED) is 0.447. The van der Waals surface area contributed by atoms with Gasteiger partial charge in [-0.2, -0.15) is 0 Å². The summed E-state index contributed by atoms with van der Waals surface area (Å²) < 4.78 is 21.2. The van der Waals surface area contributed by atoms with Crippen LogP contribution in [0.2, 0.25) is 0 Å². The predicted octanol–water partition coefficient (Wildman–Crippen LogP) is 1.30. The Labute approximate surface area is 47.2 Å². The van der Waals surface area contributed by atoms with Crippen molar-refractivity contribution in [2.45, 2.75) is 19.2 Å². The predicted molar refractivity (Wildman–Crippen MR) is 28.0 cm³/mol. The summed E-state index contributed by atoms with van der Waals surface area (Å²) in [5.41, 5.74) is 0. The fourth-order valence-corrected chi connectivity index (χ4v) is 0.474. The van der Waals surface area contributed by atoms with Crippen LogP contribution < -0.4 is 0 Å². The highest BCUT2D eigenvalue weighted by molar-refractivity contribution is 5.90. The number of hydrogen-bond acceptors (Lipinski definition) is 1. The Morgan fingerprint density at radius 2 is 2.86 bits per heavy atom. The molecular weight excluding hydrogens is 88.1 g/mol. The van der Waals surface area contributed by atoms with E-state index < -0.39 is 12.2 Å². The monoisotopic (exact) mass is 99.1 g/mol. The van der Waals surface area contributed by atoms with Crippen LogP contribution in [-0.2, 0) is 4.79 Å². The molecule has 0 atom stereocenters. The van der Waals surface area contributed by atoms with E-state index in [1.165, 1.54) is 6.08 Å². The lowest BCUT2D eigenvalue weighted by Crippen LogP contribution is -1.95. The molecule has 0 unspecified atom stereocenters. The number of ketones is 1. The van der Waals surface area contributed by atoms with Gasteiger partial charge >= 0.3 is 0 Å². The first-order valence-corrected chi connectivity index (χ1v) is 2.25. The maximum atomic E-state index is 10.8. The fraction of sp³-hybridized carbons (Fsp3) is 0.500. The van der Waals surface area contributed by atoms with Crippen LogP contribution in [0.25, 0.3) is 0 Å². The molecule has 0 fully saturated rings. The summed E-state index contributed by atoms with van der Waals surface area (Å²) in [6.45, 7) is 0. The molecule has 1 aliphatic rings. The van der Waals surface area contributed by atoms with Crippen LogP contribution in [0.3, 0.4) is 0 Å². The van der Waals surface area contributed by atoms with Crippen molar-refractivity contribution in [3.63, 3.8) is 0 Å². The van der Waals surface area contributed by atoms with E-state index in [4.69, 9.17) is 4.11 Å². The van der Waals surface area contributed by atoms with E-state index in [9.17, 15) is 4.79 Å². The lowest BCUT2D eigenvalue weighted by molar-refractivity contribution is -0.114. The van der Waals surface area contributed by atoms with Crippen LogP contribution in [0.15, 0.2) is 12.1 Å². The maximum Gasteiger partial charge on any atom is 0.155 e. The third-order valence-electron chi connectivity index (χ3n) is 0.807. The van der Waals surface area contributed by atoms with Crippen molar-refractivity contribution in [1.29, 1.82) is 0 Å². The number of carbonyl (C=O) groups is 1. The molecule has 38 valence electrons. The second-order valence-corrected chi connectivity index (χ2v) is 1.39. The third kappa shape index (κ3) is 1.15. The highest BCUT2D eigenvalue weighted by Crippen LogP contribution is 2.04. The number of carbonyl (C=O) groups excluding carboxylic acids is 1. The molecule has 0 aliphatic heterocycles. The van der Waals surface area contributed by atoms with Crippen molar-refractivity contribution in [3.05, 3.63) is 12.1 Å². The molecule has 1 rings (SSSR count). The molecule has 0 radical (unpaired) electrons. The molecule has 1 aliphatic carbocycles. The van der Waals surface area contributed by atoms with E-state index in [2.05, 4.69) is 0 Å². The van der Waals surface area contributed by atoms with Crippen molar-refractivity contribution in [3.8, 4) is 0 Å². The second-order valence-electron chi connectivity index (χ2n) is 1.39. The Balaban J connectivity index is 2.89. The minimum Gasteiger partial charge on any atom is -0.295 e. The van der Waals surface area contributed by atoms with Gasteiger partial charge < -0.3 is 0 Å². The molecular formula is C6H8O. The van der Waals surface area contributed by atoms with Gasteiger partial charge in [-0.25, -0.2) is 0 Å². The first-order chi connectivity index (χ1) is 4.54. The molecule has 0 bridgehead atoms. The number of hydrogen-bond donors (Lipinski definition) is 0. The summed E-state index contributed by atoms with van der Waals surface area (Å²) in [7, 11) is 0. The summed E-state index contributed by atoms with van der Waals surface area (Å²) in [5, 5.41) is 0. The van der Waals surface area contributed by atoms with Gasteiger partial charge in [0, 0.05) is 9.11 Å². The zero-order valence-electron chi connectivity index (χ0n) is 6.90. The highest BCUT2D eigenvalue weighted by atomic mass is 16.1. The summed E-state index contributed by atoms with van der Waals surface area (Å²) >= 11 is 0. The van der Waals surface area contributed by atoms with E-state index in [1.807, 2.05) is 0 Å². The molecule has 0 aromatic carbocycles. The van der Waals surface area contributed by atoms with Gasteiger partial charge in [-0.1, -0.05) is 6.08 Å². The van der Waals surface area contributed by atoms with Gasteiger partial charge in [0.05, 0.1) is 1.37 Å². The van der Waals surface area contributed by atoms with E-state index in [0.717, 1.165) is 0 Å². The van der Waals surface area contributed by atoms with Gasteiger partial charge in [0.25, 0.3) is 0 Å². The highest BCUT2D eigenvalue weighted by Gasteiger charge is 1.98. The van der Waals surface area contributed by atoms with E-state index in [1.54, 1.807) is 0 Å². The average molecular weight is 99.1 g/mol. The van der Waals surface area contributed by atoms with Gasteiger partial charge in [0.1, 0.15) is 0 Å². The molecule has 7 heavy (non-hydrogen) atoms. The molecule has 0 aromatic heterocycles. The largest absolute Gasteiger partial charge is 0.295 e. The number of allylic oxidation sites excluding steroid dienone is 2. The summed E-state index contributed by atoms with van der Waals surface area (Å²) in [6.07, 6.45) is 0.390. The number of rotatable bonds is 0. The minimum atomic E-state index is -1.79. The van der Waals surface area contributed by atoms with Gasteiger partial charge in [-0.15, -0.1) is 0 Å². The van der Waals surface area contributed by atoms with Gasteiger partial charge in [-0.05, 0) is 18.9 Å². The second kappa shape index (κ2) is 1.92. The summed E-state index contributed by atoms with van der Waals surface area (Å²) in [6, 6.07) is -0.184. The zero-order chi connectivity index (χ0) is 7.78. The molecule has 0 N–H and O–H groups in total. The third-order valence-corrected chi connectivity index (χ3v) is 0.807. The standard InChI is InChI=1S/C6H8O/c7-6-4-2-1-3-5-6/h2,4H,1,3,5H2/i4D,5D2. The van der Waals surface area contributed by atoms with Crippen molar-refractivity contribution in [1.82, 2.24) is 0 Å². The van der Waals surface area contributed by atoms with Crippen LogP contribution in [0, 0.1) is 0 Å². The van der Waals surface area contributed by atoms with Crippen molar-refractivity contribution in [2.24, 2.45) is 0 Å². The molecule has 0 saturated heterocycles. The Morgan fingerprint density at radius 3 is 3.43 bits per heavy atom. The maximum absolute atomic E-state index is 10.8. The molecule has 1 nitrogen and oxygen atoms in total. The normalized spacial score (nSPS) is 35.1. The first-order valence-electron chi connectivity index (χ1n) is 3.75. The zero-order valence-corrected chi connectivity index (χ0v) is 3.90. The van der Waals surface area contributed by atoms with Crippen molar-refractivity contribution >= 4 is 5.78 Å². The average Bonchev–Trinajstić information content (AvgIpc) is 1.83. The van der Waals surface area contributed by atoms with Gasteiger partial charge in [-0.3, -0.25) is 4.79 Å². The van der Waals surface area contributed by atoms with E-state index in [-0.39, 0.29) is 12.5 Å². The topological polar surface area (TPSA) is 17.1 Å². The van der Waals surface area contributed by atoms with Crippen LogP contribution in [0.5, 0.6) is 0 Å². The SMILES string of the molecule is [2H]C1=CCCC([2H])([2H])C1=O. The Morgan fingerprint density at radius 1 is 2.00 bits per heavy atom. The minimum absolute atomic E-state index is 0.184. The van der Waals surface area contributed by atoms with Crippen LogP contribution >= 0.6 is 0 Å². The fourth-order valence-electron chi connectivity index (χ4n) is 0.474. The van der Waals surface area contributed by atoms with E-state index in [0.29, 0.717) is 6.42 Å². The molecule has 1 heteroatoms. The molecule has 0 aromatic rings. The Hall–Kier alpha value is -0.590. The van der Waals surface area contributed by atoms with E-state index >= 15 is 0 Å². The Bertz CT molecular complexity index is 195. The van der Waals surface area contributed by atoms with Crippen LogP contribution in [0.4, 0.5) is 0 Å². The molecule has 0 heterocycles. The van der Waals surface area contributed by atoms with Gasteiger partial charge in [0.2, 0.25) is 0 Å². The molecule has 0 saturated carbocycles. The van der Waals surface area contributed by atoms with Crippen LogP contribution in [-0.4, -0.2) is 5.78 Å². The summed E-state index contributed by atoms with van der Waals surface area (Å²) in [4.78, 5) is 10.8. The summed E-state index contributed by atoms with van der Waals surface area (Å²) in [5.74, 6) is -0.682. The lowest BCUT2D eigenvalue weighted by atomic mass is 10.1. The Kier molecular flexibility index (Phi) is 0.580.